The summed E-state index contributed by atoms with van der Waals surface area (Å²) < 4.78 is 2.24. The van der Waals surface area contributed by atoms with Gasteiger partial charge < -0.3 is 10.6 Å². The second-order valence-corrected chi connectivity index (χ2v) is 8.89. The number of carbonyl (C=O) groups excluding carboxylic acids is 1. The Hall–Kier alpha value is -2.41. The summed E-state index contributed by atoms with van der Waals surface area (Å²) in [6.45, 7) is 0.714. The van der Waals surface area contributed by atoms with Gasteiger partial charge in [-0.25, -0.2) is 0 Å². The highest BCUT2D eigenvalue weighted by Crippen LogP contribution is 2.24. The standard InChI is InChI=1S/C22H22ClN3O2S/c23-20-12-11-19(29-20)22(28)25-18-5-3-4-17(18)24-14-15-7-9-16(10-8-15)26-13-2-1-6-21(26)27/h1-2,6-13,17-18,24H,3-5,14H2,(H,25,28)/t17-,18+/m0/s1. The second kappa shape index (κ2) is 8.95. The Balaban J connectivity index is 1.35. The van der Waals surface area contributed by atoms with E-state index in [4.69, 9.17) is 11.6 Å². The molecule has 0 spiro atoms. The number of benzene rings is 1. The van der Waals surface area contributed by atoms with E-state index in [2.05, 4.69) is 10.6 Å². The van der Waals surface area contributed by atoms with Crippen LogP contribution in [0.15, 0.2) is 65.6 Å². The normalized spacial score (nSPS) is 18.7. The largest absolute Gasteiger partial charge is 0.347 e. The first-order chi connectivity index (χ1) is 14.1. The summed E-state index contributed by atoms with van der Waals surface area (Å²) in [5.74, 6) is -0.0572. The molecular weight excluding hydrogens is 406 g/mol. The number of amides is 1. The maximum atomic E-state index is 12.4. The molecule has 0 saturated heterocycles. The van der Waals surface area contributed by atoms with E-state index in [1.54, 1.807) is 35.0 Å². The molecule has 150 valence electrons. The Kier molecular flexibility index (Phi) is 6.13. The lowest BCUT2D eigenvalue weighted by Crippen LogP contribution is -2.46. The van der Waals surface area contributed by atoms with Crippen molar-refractivity contribution in [3.8, 4) is 5.69 Å². The zero-order valence-corrected chi connectivity index (χ0v) is 17.4. The number of nitrogens with one attached hydrogen (secondary N) is 2. The minimum Gasteiger partial charge on any atom is -0.347 e. The van der Waals surface area contributed by atoms with Gasteiger partial charge in [0.2, 0.25) is 0 Å². The number of thiophene rings is 1. The van der Waals surface area contributed by atoms with Gasteiger partial charge in [-0.2, -0.15) is 0 Å². The quantitative estimate of drug-likeness (QED) is 0.625. The topological polar surface area (TPSA) is 63.1 Å². The van der Waals surface area contributed by atoms with Gasteiger partial charge in [0.05, 0.1) is 9.21 Å². The van der Waals surface area contributed by atoms with E-state index < -0.39 is 0 Å². The maximum Gasteiger partial charge on any atom is 0.261 e. The average Bonchev–Trinajstić information content (AvgIpc) is 3.36. The fourth-order valence-corrected chi connectivity index (χ4v) is 4.66. The molecule has 1 amide bonds. The summed E-state index contributed by atoms with van der Waals surface area (Å²) in [6, 6.07) is 17.0. The van der Waals surface area contributed by atoms with Gasteiger partial charge in [0.1, 0.15) is 0 Å². The Labute approximate surface area is 178 Å². The Morgan fingerprint density at radius 3 is 2.59 bits per heavy atom. The summed E-state index contributed by atoms with van der Waals surface area (Å²) in [7, 11) is 0. The first-order valence-corrected chi connectivity index (χ1v) is 10.9. The molecule has 2 N–H and O–H groups in total. The minimum atomic E-state index is -0.0572. The smallest absolute Gasteiger partial charge is 0.261 e. The van der Waals surface area contributed by atoms with E-state index in [-0.39, 0.29) is 23.6 Å². The lowest BCUT2D eigenvalue weighted by atomic mass is 10.1. The zero-order valence-electron chi connectivity index (χ0n) is 15.8. The molecule has 0 aliphatic heterocycles. The van der Waals surface area contributed by atoms with Crippen molar-refractivity contribution >= 4 is 28.8 Å². The number of halogens is 1. The van der Waals surface area contributed by atoms with Gasteiger partial charge >= 0.3 is 0 Å². The molecule has 0 radical (unpaired) electrons. The monoisotopic (exact) mass is 427 g/mol. The molecule has 1 aliphatic carbocycles. The van der Waals surface area contributed by atoms with Gasteiger partial charge in [0, 0.05) is 36.6 Å². The van der Waals surface area contributed by atoms with Gasteiger partial charge in [-0.15, -0.1) is 11.3 Å². The van der Waals surface area contributed by atoms with Crippen LogP contribution in [0.25, 0.3) is 5.69 Å². The number of hydrogen-bond donors (Lipinski definition) is 2. The highest BCUT2D eigenvalue weighted by molar-refractivity contribution is 7.18. The lowest BCUT2D eigenvalue weighted by molar-refractivity contribution is 0.0936. The van der Waals surface area contributed by atoms with E-state index in [9.17, 15) is 9.59 Å². The Bertz CT molecular complexity index is 1040. The number of carbonyl (C=O) groups is 1. The molecule has 1 fully saturated rings. The van der Waals surface area contributed by atoms with Crippen LogP contribution in [0.5, 0.6) is 0 Å². The van der Waals surface area contributed by atoms with Crippen LogP contribution in [0, 0.1) is 0 Å². The SMILES string of the molecule is O=C(N[C@@H]1CCC[C@@H]1NCc1ccc(-n2ccccc2=O)cc1)c1ccc(Cl)s1. The predicted molar refractivity (Wildman–Crippen MR) is 117 cm³/mol. The van der Waals surface area contributed by atoms with Gasteiger partial charge in [-0.05, 0) is 55.2 Å². The maximum absolute atomic E-state index is 12.4. The van der Waals surface area contributed by atoms with Crippen LogP contribution in [0.1, 0.15) is 34.5 Å². The van der Waals surface area contributed by atoms with Crippen molar-refractivity contribution in [1.29, 1.82) is 0 Å². The minimum absolute atomic E-state index is 0.0463. The van der Waals surface area contributed by atoms with Crippen molar-refractivity contribution in [2.75, 3.05) is 0 Å². The molecule has 29 heavy (non-hydrogen) atoms. The molecule has 2 aromatic heterocycles. The third kappa shape index (κ3) is 4.78. The molecule has 0 unspecified atom stereocenters. The first kappa shape index (κ1) is 19.9. The fraction of sp³-hybridized carbons (Fsp3) is 0.273. The van der Waals surface area contributed by atoms with E-state index in [0.717, 1.165) is 30.5 Å². The molecule has 2 atom stereocenters. The van der Waals surface area contributed by atoms with Gasteiger partial charge in [-0.1, -0.05) is 29.8 Å². The summed E-state index contributed by atoms with van der Waals surface area (Å²) in [4.78, 5) is 25.0. The third-order valence-electron chi connectivity index (χ3n) is 5.23. The summed E-state index contributed by atoms with van der Waals surface area (Å²) in [5, 5.41) is 6.72. The van der Waals surface area contributed by atoms with E-state index in [1.165, 1.54) is 11.3 Å². The van der Waals surface area contributed by atoms with Crippen molar-refractivity contribution in [3.63, 3.8) is 0 Å². The summed E-state index contributed by atoms with van der Waals surface area (Å²) in [6.07, 6.45) is 4.86. The van der Waals surface area contributed by atoms with Crippen LogP contribution in [0.3, 0.4) is 0 Å². The molecule has 2 heterocycles. The number of nitrogens with zero attached hydrogens (tertiary/aromatic N) is 1. The second-order valence-electron chi connectivity index (χ2n) is 7.18. The van der Waals surface area contributed by atoms with Crippen LogP contribution >= 0.6 is 22.9 Å². The number of aromatic nitrogens is 1. The Morgan fingerprint density at radius 2 is 1.86 bits per heavy atom. The van der Waals surface area contributed by atoms with E-state index in [1.807, 2.05) is 30.3 Å². The van der Waals surface area contributed by atoms with Crippen molar-refractivity contribution in [1.82, 2.24) is 15.2 Å². The molecule has 1 saturated carbocycles. The molecule has 3 aromatic rings. The van der Waals surface area contributed by atoms with Crippen molar-refractivity contribution in [2.24, 2.45) is 0 Å². The number of pyridine rings is 1. The molecule has 7 heteroatoms. The van der Waals surface area contributed by atoms with Crippen molar-refractivity contribution in [2.45, 2.75) is 37.9 Å². The van der Waals surface area contributed by atoms with Crippen LogP contribution in [-0.4, -0.2) is 22.6 Å². The average molecular weight is 428 g/mol. The molecule has 5 nitrogen and oxygen atoms in total. The molecule has 0 bridgehead atoms. The van der Waals surface area contributed by atoms with Crippen LogP contribution < -0.4 is 16.2 Å². The summed E-state index contributed by atoms with van der Waals surface area (Å²) >= 11 is 7.23. The predicted octanol–water partition coefficient (Wildman–Crippen LogP) is 3.99. The Morgan fingerprint density at radius 1 is 1.07 bits per heavy atom. The number of hydrogen-bond acceptors (Lipinski definition) is 4. The molecule has 1 aliphatic rings. The van der Waals surface area contributed by atoms with Crippen molar-refractivity contribution in [3.05, 3.63) is 85.9 Å². The van der Waals surface area contributed by atoms with Crippen molar-refractivity contribution < 1.29 is 4.79 Å². The molecule has 1 aromatic carbocycles. The zero-order chi connectivity index (χ0) is 20.2. The van der Waals surface area contributed by atoms with Gasteiger partial charge in [-0.3, -0.25) is 14.2 Å². The van der Waals surface area contributed by atoms with Crippen LogP contribution in [0.2, 0.25) is 4.34 Å². The van der Waals surface area contributed by atoms with Crippen LogP contribution in [-0.2, 0) is 6.54 Å². The fourth-order valence-electron chi connectivity index (χ4n) is 3.72. The van der Waals surface area contributed by atoms with Crippen LogP contribution in [0.4, 0.5) is 0 Å². The highest BCUT2D eigenvalue weighted by Gasteiger charge is 2.28. The van der Waals surface area contributed by atoms with Gasteiger partial charge in [0.15, 0.2) is 0 Å². The highest BCUT2D eigenvalue weighted by atomic mass is 35.5. The van der Waals surface area contributed by atoms with Gasteiger partial charge in [0.25, 0.3) is 11.5 Å². The molecular formula is C22H22ClN3O2S. The van der Waals surface area contributed by atoms with E-state index in [0.29, 0.717) is 15.8 Å². The third-order valence-corrected chi connectivity index (χ3v) is 6.46. The first-order valence-electron chi connectivity index (χ1n) is 9.67. The van der Waals surface area contributed by atoms with E-state index >= 15 is 0 Å². The molecule has 4 rings (SSSR count). The lowest BCUT2D eigenvalue weighted by Gasteiger charge is -2.22. The summed E-state index contributed by atoms with van der Waals surface area (Å²) in [5.41, 5.74) is 1.94. The number of rotatable bonds is 6.